The summed E-state index contributed by atoms with van der Waals surface area (Å²) >= 11 is 0. The number of hydrogen-bond acceptors (Lipinski definition) is 6. The molecule has 0 fully saturated rings. The molecule has 0 atom stereocenters. The molecule has 3 aromatic carbocycles. The molecule has 0 bridgehead atoms. The lowest BCUT2D eigenvalue weighted by Crippen LogP contribution is -2.17. The molecule has 0 unspecified atom stereocenters. The average molecular weight is 487 g/mol. The summed E-state index contributed by atoms with van der Waals surface area (Å²) in [4.78, 5) is 0.288. The summed E-state index contributed by atoms with van der Waals surface area (Å²) in [5.74, 6) is 1.54. The van der Waals surface area contributed by atoms with Crippen molar-refractivity contribution >= 4 is 31.8 Å². The minimum atomic E-state index is -3.78. The van der Waals surface area contributed by atoms with Crippen molar-refractivity contribution in [2.24, 2.45) is 5.14 Å². The van der Waals surface area contributed by atoms with E-state index in [0.29, 0.717) is 40.7 Å². The van der Waals surface area contributed by atoms with Gasteiger partial charge in [0.1, 0.15) is 17.2 Å². The Labute approximate surface area is 192 Å². The highest BCUT2D eigenvalue weighted by molar-refractivity contribution is 7.96. The molecule has 3 N–H and O–H groups in total. The fourth-order valence-electron chi connectivity index (χ4n) is 3.42. The van der Waals surface area contributed by atoms with Crippen molar-refractivity contribution in [1.29, 1.82) is 0 Å². The first-order valence-electron chi connectivity index (χ1n) is 9.95. The first kappa shape index (κ1) is 22.8. The number of primary sulfonamides is 1. The van der Waals surface area contributed by atoms with Crippen LogP contribution in [0.25, 0.3) is 6.08 Å². The van der Waals surface area contributed by atoms with E-state index in [2.05, 4.69) is 4.72 Å². The van der Waals surface area contributed by atoms with Crippen LogP contribution in [-0.2, 0) is 26.5 Å². The Morgan fingerprint density at radius 3 is 2.03 bits per heavy atom. The standard InChI is InChI=1S/C23H22N2O6S2/c1-30-21-6-2-16-3-11-23(15-17(16)14-21)33(28,29)25-18-4-7-19(8-5-18)31-20-9-12-22(13-10-20)32(24,26)27/h2,4-10,12-15,25H,3,11H2,1H3,(H2,24,26,27). The Balaban J connectivity index is 1.46. The molecular weight excluding hydrogens is 464 g/mol. The van der Waals surface area contributed by atoms with Gasteiger partial charge in [-0.3, -0.25) is 4.72 Å². The summed E-state index contributed by atoms with van der Waals surface area (Å²) in [5.41, 5.74) is 2.30. The second-order valence-electron chi connectivity index (χ2n) is 7.42. The third-order valence-corrected chi connectivity index (χ3v) is 7.60. The molecule has 33 heavy (non-hydrogen) atoms. The van der Waals surface area contributed by atoms with Gasteiger partial charge in [-0.2, -0.15) is 0 Å². The molecule has 4 rings (SSSR count). The smallest absolute Gasteiger partial charge is 0.258 e. The Morgan fingerprint density at radius 2 is 1.42 bits per heavy atom. The average Bonchev–Trinajstić information content (AvgIpc) is 2.79. The second-order valence-corrected chi connectivity index (χ2v) is 10.7. The predicted molar refractivity (Wildman–Crippen MR) is 126 cm³/mol. The number of ether oxygens (including phenoxy) is 2. The number of fused-ring (bicyclic) bond motifs is 1. The highest BCUT2D eigenvalue weighted by Crippen LogP contribution is 2.31. The van der Waals surface area contributed by atoms with Crippen molar-refractivity contribution in [3.8, 4) is 17.2 Å². The molecule has 0 heterocycles. The molecule has 0 saturated heterocycles. The number of allylic oxidation sites excluding steroid dienone is 1. The van der Waals surface area contributed by atoms with Crippen LogP contribution < -0.4 is 19.3 Å². The fourth-order valence-corrected chi connectivity index (χ4v) is 5.17. The van der Waals surface area contributed by atoms with Crippen LogP contribution in [0.15, 0.2) is 76.5 Å². The fraction of sp³-hybridized carbons (Fsp3) is 0.130. The Kier molecular flexibility index (Phi) is 6.15. The zero-order chi connectivity index (χ0) is 23.6. The van der Waals surface area contributed by atoms with Crippen LogP contribution in [0.1, 0.15) is 17.5 Å². The second kappa shape index (κ2) is 8.89. The molecule has 0 aliphatic heterocycles. The number of rotatable bonds is 7. The number of benzene rings is 3. The molecular formula is C23H22N2O6S2. The van der Waals surface area contributed by atoms with Crippen molar-refractivity contribution < 1.29 is 26.3 Å². The summed E-state index contributed by atoms with van der Waals surface area (Å²) in [6, 6.07) is 17.7. The zero-order valence-electron chi connectivity index (χ0n) is 17.7. The monoisotopic (exact) mass is 486 g/mol. The van der Waals surface area contributed by atoms with Crippen LogP contribution in [0.2, 0.25) is 0 Å². The van der Waals surface area contributed by atoms with E-state index in [9.17, 15) is 16.8 Å². The molecule has 1 aliphatic rings. The number of hydrogen-bond donors (Lipinski definition) is 2. The van der Waals surface area contributed by atoms with Crippen LogP contribution in [0.4, 0.5) is 5.69 Å². The van der Waals surface area contributed by atoms with Crippen LogP contribution in [-0.4, -0.2) is 23.9 Å². The molecule has 8 nitrogen and oxygen atoms in total. The molecule has 0 amide bonds. The maximum absolute atomic E-state index is 12.9. The van der Waals surface area contributed by atoms with Gasteiger partial charge in [0.25, 0.3) is 10.0 Å². The Morgan fingerprint density at radius 1 is 0.818 bits per heavy atom. The summed E-state index contributed by atoms with van der Waals surface area (Å²) in [6.45, 7) is 0. The van der Waals surface area contributed by atoms with Gasteiger partial charge in [0.2, 0.25) is 10.0 Å². The van der Waals surface area contributed by atoms with Gasteiger partial charge in [-0.05, 0) is 90.7 Å². The number of anilines is 1. The predicted octanol–water partition coefficient (Wildman–Crippen LogP) is 3.86. The van der Waals surface area contributed by atoms with Crippen molar-refractivity contribution in [3.63, 3.8) is 0 Å². The van der Waals surface area contributed by atoms with Gasteiger partial charge < -0.3 is 9.47 Å². The minimum Gasteiger partial charge on any atom is -0.497 e. The van der Waals surface area contributed by atoms with Crippen LogP contribution in [0.5, 0.6) is 17.2 Å². The van der Waals surface area contributed by atoms with Gasteiger partial charge in [0, 0.05) is 5.69 Å². The van der Waals surface area contributed by atoms with E-state index in [1.54, 1.807) is 37.5 Å². The molecule has 10 heteroatoms. The molecule has 0 spiro atoms. The summed E-state index contributed by atoms with van der Waals surface area (Å²) in [7, 11) is -5.93. The normalized spacial score (nSPS) is 13.6. The van der Waals surface area contributed by atoms with E-state index in [-0.39, 0.29) is 4.90 Å². The summed E-state index contributed by atoms with van der Waals surface area (Å²) < 4.78 is 62.0. The van der Waals surface area contributed by atoms with Crippen molar-refractivity contribution in [2.45, 2.75) is 17.7 Å². The number of nitrogens with two attached hydrogens (primary N) is 1. The minimum absolute atomic E-state index is 0.0160. The first-order chi connectivity index (χ1) is 15.6. The van der Waals surface area contributed by atoms with Gasteiger partial charge in [-0.1, -0.05) is 6.07 Å². The lowest BCUT2D eigenvalue weighted by Gasteiger charge is -2.18. The molecule has 1 aliphatic carbocycles. The molecule has 3 aromatic rings. The van der Waals surface area contributed by atoms with E-state index >= 15 is 0 Å². The van der Waals surface area contributed by atoms with Gasteiger partial charge in [-0.25, -0.2) is 22.0 Å². The van der Waals surface area contributed by atoms with Gasteiger partial charge in [-0.15, -0.1) is 0 Å². The van der Waals surface area contributed by atoms with Crippen LogP contribution >= 0.6 is 0 Å². The summed E-state index contributed by atoms with van der Waals surface area (Å²) in [5, 5.41) is 5.08. The van der Waals surface area contributed by atoms with Crippen molar-refractivity contribution in [1.82, 2.24) is 0 Å². The number of sulfonamides is 2. The number of methoxy groups -OCH3 is 1. The largest absolute Gasteiger partial charge is 0.497 e. The number of aryl methyl sites for hydroxylation is 1. The molecule has 0 saturated carbocycles. The lowest BCUT2D eigenvalue weighted by molar-refractivity contribution is 0.414. The van der Waals surface area contributed by atoms with Crippen LogP contribution in [0, 0.1) is 0 Å². The van der Waals surface area contributed by atoms with Gasteiger partial charge >= 0.3 is 0 Å². The zero-order valence-corrected chi connectivity index (χ0v) is 19.3. The van der Waals surface area contributed by atoms with E-state index in [0.717, 1.165) is 11.1 Å². The Hall–Kier alpha value is -3.34. The highest BCUT2D eigenvalue weighted by Gasteiger charge is 2.22. The molecule has 172 valence electrons. The lowest BCUT2D eigenvalue weighted by atomic mass is 9.97. The Bertz CT molecular complexity index is 1410. The third kappa shape index (κ3) is 5.36. The van der Waals surface area contributed by atoms with E-state index in [1.165, 1.54) is 24.3 Å². The quantitative estimate of drug-likeness (QED) is 0.522. The summed E-state index contributed by atoms with van der Waals surface area (Å²) in [6.07, 6.45) is 2.71. The topological polar surface area (TPSA) is 125 Å². The SMILES string of the molecule is COc1ccc2c(c1)C=C(S(=O)(=O)Nc1ccc(Oc3ccc(S(N)(=O)=O)cc3)cc1)CC2. The van der Waals surface area contributed by atoms with Crippen molar-refractivity contribution in [2.75, 3.05) is 11.8 Å². The van der Waals surface area contributed by atoms with E-state index < -0.39 is 20.0 Å². The first-order valence-corrected chi connectivity index (χ1v) is 13.0. The van der Waals surface area contributed by atoms with Gasteiger partial charge in [0.05, 0.1) is 16.9 Å². The van der Waals surface area contributed by atoms with Gasteiger partial charge in [0.15, 0.2) is 0 Å². The third-order valence-electron chi connectivity index (χ3n) is 5.15. The molecule has 0 radical (unpaired) electrons. The number of nitrogens with one attached hydrogen (secondary N) is 1. The maximum atomic E-state index is 12.9. The van der Waals surface area contributed by atoms with E-state index in [4.69, 9.17) is 14.6 Å². The van der Waals surface area contributed by atoms with Crippen molar-refractivity contribution in [3.05, 3.63) is 82.8 Å². The van der Waals surface area contributed by atoms with Crippen LogP contribution in [0.3, 0.4) is 0 Å². The van der Waals surface area contributed by atoms with E-state index in [1.807, 2.05) is 18.2 Å². The highest BCUT2D eigenvalue weighted by atomic mass is 32.2. The molecule has 0 aromatic heterocycles. The maximum Gasteiger partial charge on any atom is 0.258 e.